The minimum absolute atomic E-state index is 0.0421. The van der Waals surface area contributed by atoms with Crippen LogP contribution in [-0.2, 0) is 9.59 Å². The number of anilines is 1. The monoisotopic (exact) mass is 395 g/mol. The third kappa shape index (κ3) is 6.27. The number of piperidine rings is 1. The first-order chi connectivity index (χ1) is 12.9. The van der Waals surface area contributed by atoms with Gasteiger partial charge in [-0.1, -0.05) is 0 Å². The van der Waals surface area contributed by atoms with E-state index in [1.165, 1.54) is 6.92 Å². The van der Waals surface area contributed by atoms with E-state index < -0.39 is 6.04 Å². The van der Waals surface area contributed by atoms with Crippen LogP contribution in [0.25, 0.3) is 0 Å². The minimum Gasteiger partial charge on any atom is -0.470 e. The predicted molar refractivity (Wildman–Crippen MR) is 107 cm³/mol. The molecule has 27 heavy (non-hydrogen) atoms. The second-order valence-corrected chi connectivity index (χ2v) is 7.77. The standard InChI is InChI=1S/C18H29N5O3S/c1-13(24)21-15(7-11-27-4)18(25)23-10-5-6-14(12-23)26-17-16(22(2)3)19-8-9-20-17/h8-9,14-15H,5-7,10-12H2,1-4H3,(H,21,24). The van der Waals surface area contributed by atoms with E-state index >= 15 is 0 Å². The highest BCUT2D eigenvalue weighted by atomic mass is 32.2. The maximum absolute atomic E-state index is 12.9. The average molecular weight is 396 g/mol. The summed E-state index contributed by atoms with van der Waals surface area (Å²) >= 11 is 1.66. The molecule has 1 aromatic heterocycles. The maximum atomic E-state index is 12.9. The van der Waals surface area contributed by atoms with E-state index in [1.807, 2.05) is 25.3 Å². The third-order valence-electron chi connectivity index (χ3n) is 4.32. The number of hydrogen-bond donors (Lipinski definition) is 1. The fourth-order valence-corrected chi connectivity index (χ4v) is 3.53. The number of nitrogens with zero attached hydrogens (tertiary/aromatic N) is 4. The van der Waals surface area contributed by atoms with Crippen molar-refractivity contribution in [1.82, 2.24) is 20.2 Å². The van der Waals surface area contributed by atoms with Crippen LogP contribution in [-0.4, -0.2) is 78.0 Å². The highest BCUT2D eigenvalue weighted by Crippen LogP contribution is 2.24. The van der Waals surface area contributed by atoms with Crippen LogP contribution < -0.4 is 15.0 Å². The molecule has 8 nitrogen and oxygen atoms in total. The molecule has 9 heteroatoms. The average Bonchev–Trinajstić information content (AvgIpc) is 2.64. The Kier molecular flexibility index (Phi) is 8.15. The second kappa shape index (κ2) is 10.3. The molecule has 0 spiro atoms. The molecule has 0 bridgehead atoms. The molecule has 0 aliphatic carbocycles. The first-order valence-electron chi connectivity index (χ1n) is 9.12. The van der Waals surface area contributed by atoms with E-state index in [9.17, 15) is 9.59 Å². The van der Waals surface area contributed by atoms with Gasteiger partial charge < -0.3 is 19.9 Å². The van der Waals surface area contributed by atoms with Gasteiger partial charge in [0, 0.05) is 40.0 Å². The van der Waals surface area contributed by atoms with Crippen LogP contribution in [0.3, 0.4) is 0 Å². The van der Waals surface area contributed by atoms with Crippen molar-refractivity contribution in [2.24, 2.45) is 0 Å². The molecule has 2 heterocycles. The van der Waals surface area contributed by atoms with Gasteiger partial charge in [0.15, 0.2) is 5.82 Å². The molecule has 2 amide bonds. The Hall–Kier alpha value is -2.03. The number of amides is 2. The molecule has 2 unspecified atom stereocenters. The molecule has 0 saturated carbocycles. The molecule has 2 rings (SSSR count). The quantitative estimate of drug-likeness (QED) is 0.707. The van der Waals surface area contributed by atoms with Crippen molar-refractivity contribution in [3.05, 3.63) is 12.4 Å². The van der Waals surface area contributed by atoms with E-state index in [1.54, 1.807) is 29.1 Å². The Morgan fingerprint density at radius 3 is 2.81 bits per heavy atom. The van der Waals surface area contributed by atoms with Crippen molar-refractivity contribution < 1.29 is 14.3 Å². The van der Waals surface area contributed by atoms with Gasteiger partial charge in [-0.2, -0.15) is 11.8 Å². The van der Waals surface area contributed by atoms with Gasteiger partial charge in [-0.05, 0) is 31.3 Å². The summed E-state index contributed by atoms with van der Waals surface area (Å²) in [5.41, 5.74) is 0. The number of ether oxygens (including phenoxy) is 1. The summed E-state index contributed by atoms with van der Waals surface area (Å²) in [4.78, 5) is 36.6. The summed E-state index contributed by atoms with van der Waals surface area (Å²) in [6.07, 6.45) is 7.40. The van der Waals surface area contributed by atoms with Crippen LogP contribution in [0.15, 0.2) is 12.4 Å². The SMILES string of the molecule is CSCCC(NC(C)=O)C(=O)N1CCCC(Oc2nccnc2N(C)C)C1. The number of carbonyl (C=O) groups is 2. The highest BCUT2D eigenvalue weighted by Gasteiger charge is 2.30. The van der Waals surface area contributed by atoms with Gasteiger partial charge in [-0.25, -0.2) is 9.97 Å². The number of rotatable bonds is 8. The summed E-state index contributed by atoms with van der Waals surface area (Å²) in [7, 11) is 3.77. The lowest BCUT2D eigenvalue weighted by Gasteiger charge is -2.35. The lowest BCUT2D eigenvalue weighted by Crippen LogP contribution is -2.53. The summed E-state index contributed by atoms with van der Waals surface area (Å²) in [5, 5.41) is 2.79. The smallest absolute Gasteiger partial charge is 0.257 e. The van der Waals surface area contributed by atoms with E-state index in [2.05, 4.69) is 15.3 Å². The van der Waals surface area contributed by atoms with Gasteiger partial charge in [-0.3, -0.25) is 9.59 Å². The number of aromatic nitrogens is 2. The maximum Gasteiger partial charge on any atom is 0.257 e. The van der Waals surface area contributed by atoms with Crippen LogP contribution in [0.2, 0.25) is 0 Å². The number of carbonyl (C=O) groups excluding carboxylic acids is 2. The number of hydrogen-bond acceptors (Lipinski definition) is 7. The Labute approximate surface area is 165 Å². The van der Waals surface area contributed by atoms with Crippen LogP contribution in [0.1, 0.15) is 26.2 Å². The van der Waals surface area contributed by atoms with Crippen molar-refractivity contribution in [2.45, 2.75) is 38.3 Å². The van der Waals surface area contributed by atoms with Crippen LogP contribution in [0.4, 0.5) is 5.82 Å². The predicted octanol–water partition coefficient (Wildman–Crippen LogP) is 1.17. The van der Waals surface area contributed by atoms with Gasteiger partial charge >= 0.3 is 0 Å². The second-order valence-electron chi connectivity index (χ2n) is 6.78. The van der Waals surface area contributed by atoms with Gasteiger partial charge in [-0.15, -0.1) is 0 Å². The number of likely N-dealkylation sites (tertiary alicyclic amines) is 1. The Morgan fingerprint density at radius 1 is 1.41 bits per heavy atom. The van der Waals surface area contributed by atoms with Crippen LogP contribution in [0, 0.1) is 0 Å². The Morgan fingerprint density at radius 2 is 2.15 bits per heavy atom. The number of thioether (sulfide) groups is 1. The molecule has 0 radical (unpaired) electrons. The van der Waals surface area contributed by atoms with Crippen LogP contribution in [0.5, 0.6) is 5.88 Å². The van der Waals surface area contributed by atoms with Crippen molar-refractivity contribution >= 4 is 29.4 Å². The normalized spacial score (nSPS) is 17.9. The largest absolute Gasteiger partial charge is 0.470 e. The van der Waals surface area contributed by atoms with Crippen molar-refractivity contribution in [2.75, 3.05) is 44.1 Å². The Balaban J connectivity index is 2.03. The first-order valence-corrected chi connectivity index (χ1v) is 10.5. The van der Waals surface area contributed by atoms with Crippen molar-refractivity contribution in [3.8, 4) is 5.88 Å². The zero-order chi connectivity index (χ0) is 19.8. The molecule has 1 fully saturated rings. The van der Waals surface area contributed by atoms with E-state index in [-0.39, 0.29) is 17.9 Å². The molecule has 150 valence electrons. The third-order valence-corrected chi connectivity index (χ3v) is 4.97. The van der Waals surface area contributed by atoms with E-state index in [0.29, 0.717) is 31.2 Å². The first kappa shape index (κ1) is 21.3. The summed E-state index contributed by atoms with van der Waals surface area (Å²) in [5.74, 6) is 1.73. The Bertz CT molecular complexity index is 643. The van der Waals surface area contributed by atoms with Crippen molar-refractivity contribution in [1.29, 1.82) is 0 Å². The van der Waals surface area contributed by atoms with Gasteiger partial charge in [0.2, 0.25) is 11.8 Å². The highest BCUT2D eigenvalue weighted by molar-refractivity contribution is 7.98. The molecular weight excluding hydrogens is 366 g/mol. The lowest BCUT2D eigenvalue weighted by molar-refractivity contribution is -0.138. The molecule has 2 atom stereocenters. The van der Waals surface area contributed by atoms with E-state index in [0.717, 1.165) is 18.6 Å². The summed E-state index contributed by atoms with van der Waals surface area (Å²) in [6.45, 7) is 2.60. The minimum atomic E-state index is -0.484. The molecule has 1 aliphatic rings. The topological polar surface area (TPSA) is 87.7 Å². The van der Waals surface area contributed by atoms with Gasteiger partial charge in [0.05, 0.1) is 6.54 Å². The lowest BCUT2D eigenvalue weighted by atomic mass is 10.1. The molecular formula is C18H29N5O3S. The molecule has 1 aliphatic heterocycles. The van der Waals surface area contributed by atoms with Gasteiger partial charge in [0.1, 0.15) is 12.1 Å². The fourth-order valence-electron chi connectivity index (χ4n) is 3.06. The zero-order valence-corrected chi connectivity index (χ0v) is 17.3. The molecule has 0 aromatic carbocycles. The van der Waals surface area contributed by atoms with Gasteiger partial charge in [0.25, 0.3) is 5.88 Å². The molecule has 1 aromatic rings. The fraction of sp³-hybridized carbons (Fsp3) is 0.667. The zero-order valence-electron chi connectivity index (χ0n) is 16.5. The molecule has 1 saturated heterocycles. The molecule has 1 N–H and O–H groups in total. The van der Waals surface area contributed by atoms with Crippen LogP contribution >= 0.6 is 11.8 Å². The van der Waals surface area contributed by atoms with Crippen molar-refractivity contribution in [3.63, 3.8) is 0 Å². The van der Waals surface area contributed by atoms with E-state index in [4.69, 9.17) is 4.74 Å². The number of nitrogens with one attached hydrogen (secondary N) is 1. The summed E-state index contributed by atoms with van der Waals surface area (Å²) < 4.78 is 6.07. The summed E-state index contributed by atoms with van der Waals surface area (Å²) in [6, 6.07) is -0.484.